The predicted octanol–water partition coefficient (Wildman–Crippen LogP) is 4.54. The standard InChI is InChI=1S/C21H14N4O3S/c26-20(23-11-13-3-1-7-22-10-13)14-5-6-17-15(9-14)19(25-28-17)16-12-27-21(24-16)18-4-2-8-29-18/h1-10,12H,11H2,(H,23,26). The molecule has 0 aliphatic rings. The summed E-state index contributed by atoms with van der Waals surface area (Å²) in [6.07, 6.45) is 4.96. The lowest BCUT2D eigenvalue weighted by atomic mass is 10.1. The zero-order valence-corrected chi connectivity index (χ0v) is 15.8. The van der Waals surface area contributed by atoms with Gasteiger partial charge in [0.05, 0.1) is 10.3 Å². The first-order valence-corrected chi connectivity index (χ1v) is 9.72. The number of nitrogens with zero attached hydrogens (tertiary/aromatic N) is 3. The molecule has 1 aromatic carbocycles. The van der Waals surface area contributed by atoms with Gasteiger partial charge in [-0.3, -0.25) is 9.78 Å². The molecule has 0 aliphatic carbocycles. The van der Waals surface area contributed by atoms with Gasteiger partial charge in [-0.25, -0.2) is 4.98 Å². The van der Waals surface area contributed by atoms with Gasteiger partial charge in [0.15, 0.2) is 5.58 Å². The van der Waals surface area contributed by atoms with Gasteiger partial charge in [0.2, 0.25) is 5.89 Å². The number of aromatic nitrogens is 3. The second kappa shape index (κ2) is 7.33. The van der Waals surface area contributed by atoms with Crippen LogP contribution in [-0.4, -0.2) is 21.0 Å². The minimum absolute atomic E-state index is 0.192. The van der Waals surface area contributed by atoms with E-state index in [-0.39, 0.29) is 5.91 Å². The Morgan fingerprint density at radius 1 is 1.17 bits per heavy atom. The van der Waals surface area contributed by atoms with Crippen molar-refractivity contribution in [2.24, 2.45) is 0 Å². The molecule has 0 radical (unpaired) electrons. The molecule has 1 N–H and O–H groups in total. The van der Waals surface area contributed by atoms with Crippen LogP contribution >= 0.6 is 11.3 Å². The molecule has 0 fully saturated rings. The van der Waals surface area contributed by atoms with Crippen LogP contribution in [0.5, 0.6) is 0 Å². The van der Waals surface area contributed by atoms with Crippen molar-refractivity contribution in [2.75, 3.05) is 0 Å². The number of carbonyl (C=O) groups is 1. The number of rotatable bonds is 5. The lowest BCUT2D eigenvalue weighted by Gasteiger charge is -2.05. The third-order valence-corrected chi connectivity index (χ3v) is 5.24. The number of fused-ring (bicyclic) bond motifs is 1. The summed E-state index contributed by atoms with van der Waals surface area (Å²) in [7, 11) is 0. The molecule has 1 amide bonds. The van der Waals surface area contributed by atoms with Gasteiger partial charge in [0.1, 0.15) is 17.7 Å². The number of pyridine rings is 1. The van der Waals surface area contributed by atoms with E-state index in [9.17, 15) is 4.79 Å². The molecule has 0 atom stereocenters. The van der Waals surface area contributed by atoms with E-state index in [0.29, 0.717) is 40.4 Å². The third kappa shape index (κ3) is 3.41. The molecule has 5 aromatic rings. The third-order valence-electron chi connectivity index (χ3n) is 4.39. The second-order valence-corrected chi connectivity index (χ2v) is 7.25. The van der Waals surface area contributed by atoms with Crippen LogP contribution in [0.15, 0.2) is 75.4 Å². The van der Waals surface area contributed by atoms with Crippen LogP contribution in [0.2, 0.25) is 0 Å². The fourth-order valence-electron chi connectivity index (χ4n) is 2.95. The second-order valence-electron chi connectivity index (χ2n) is 6.30. The highest BCUT2D eigenvalue weighted by Crippen LogP contribution is 2.31. The number of amides is 1. The lowest BCUT2D eigenvalue weighted by molar-refractivity contribution is 0.0951. The van der Waals surface area contributed by atoms with E-state index >= 15 is 0 Å². The summed E-state index contributed by atoms with van der Waals surface area (Å²) in [4.78, 5) is 22.1. The fourth-order valence-corrected chi connectivity index (χ4v) is 3.60. The Bertz CT molecular complexity index is 1280. The molecule has 0 unspecified atom stereocenters. The highest BCUT2D eigenvalue weighted by atomic mass is 32.1. The molecule has 0 saturated heterocycles. The highest BCUT2D eigenvalue weighted by Gasteiger charge is 2.18. The van der Waals surface area contributed by atoms with Crippen molar-refractivity contribution < 1.29 is 13.7 Å². The lowest BCUT2D eigenvalue weighted by Crippen LogP contribution is -2.22. The largest absolute Gasteiger partial charge is 0.443 e. The number of nitrogens with one attached hydrogen (secondary N) is 1. The maximum atomic E-state index is 12.6. The Morgan fingerprint density at radius 2 is 2.14 bits per heavy atom. The van der Waals surface area contributed by atoms with Gasteiger partial charge in [-0.2, -0.15) is 0 Å². The average Bonchev–Trinajstić information content (AvgIpc) is 3.52. The molecule has 5 rings (SSSR count). The predicted molar refractivity (Wildman–Crippen MR) is 108 cm³/mol. The van der Waals surface area contributed by atoms with Crippen molar-refractivity contribution >= 4 is 28.2 Å². The Morgan fingerprint density at radius 3 is 2.97 bits per heavy atom. The first-order valence-electron chi connectivity index (χ1n) is 8.84. The number of benzene rings is 1. The number of carbonyl (C=O) groups excluding carboxylic acids is 1. The van der Waals surface area contributed by atoms with Crippen molar-refractivity contribution in [3.8, 4) is 22.2 Å². The molecule has 0 bridgehead atoms. The van der Waals surface area contributed by atoms with Gasteiger partial charge in [-0.1, -0.05) is 17.3 Å². The quantitative estimate of drug-likeness (QED) is 0.464. The SMILES string of the molecule is O=C(NCc1cccnc1)c1ccc2onc(-c3coc(-c4cccs4)n3)c2c1. The Kier molecular flexibility index (Phi) is 4.38. The van der Waals surface area contributed by atoms with E-state index in [0.717, 1.165) is 10.4 Å². The summed E-state index contributed by atoms with van der Waals surface area (Å²) in [5, 5.41) is 9.67. The van der Waals surface area contributed by atoms with Crippen LogP contribution in [0, 0.1) is 0 Å². The molecule has 7 nitrogen and oxygen atoms in total. The van der Waals surface area contributed by atoms with Crippen LogP contribution in [0.3, 0.4) is 0 Å². The van der Waals surface area contributed by atoms with E-state index in [1.165, 1.54) is 0 Å². The van der Waals surface area contributed by atoms with Crippen molar-refractivity contribution in [1.29, 1.82) is 0 Å². The average molecular weight is 402 g/mol. The molecule has 0 aliphatic heterocycles. The fraction of sp³-hybridized carbons (Fsp3) is 0.0476. The Labute approximate surface area is 169 Å². The van der Waals surface area contributed by atoms with E-state index in [1.54, 1.807) is 48.2 Å². The molecule has 142 valence electrons. The monoisotopic (exact) mass is 402 g/mol. The zero-order valence-electron chi connectivity index (χ0n) is 15.0. The molecule has 0 saturated carbocycles. The summed E-state index contributed by atoms with van der Waals surface area (Å²) >= 11 is 1.54. The zero-order chi connectivity index (χ0) is 19.6. The van der Waals surface area contributed by atoms with E-state index in [2.05, 4.69) is 20.4 Å². The first-order chi connectivity index (χ1) is 14.3. The van der Waals surface area contributed by atoms with Gasteiger partial charge in [-0.05, 0) is 41.3 Å². The van der Waals surface area contributed by atoms with Crippen molar-refractivity contribution in [3.63, 3.8) is 0 Å². The van der Waals surface area contributed by atoms with Gasteiger partial charge < -0.3 is 14.3 Å². The van der Waals surface area contributed by atoms with E-state index in [1.807, 2.05) is 29.6 Å². The van der Waals surface area contributed by atoms with E-state index in [4.69, 9.17) is 8.94 Å². The molecular formula is C21H14N4O3S. The molecule has 0 spiro atoms. The van der Waals surface area contributed by atoms with Gasteiger partial charge in [0.25, 0.3) is 5.91 Å². The van der Waals surface area contributed by atoms with Gasteiger partial charge in [-0.15, -0.1) is 11.3 Å². The van der Waals surface area contributed by atoms with Crippen molar-refractivity contribution in [1.82, 2.24) is 20.4 Å². The summed E-state index contributed by atoms with van der Waals surface area (Å²) in [6, 6.07) is 12.8. The maximum Gasteiger partial charge on any atom is 0.251 e. The highest BCUT2D eigenvalue weighted by molar-refractivity contribution is 7.13. The minimum Gasteiger partial charge on any atom is -0.443 e. The van der Waals surface area contributed by atoms with Crippen LogP contribution in [-0.2, 0) is 6.54 Å². The smallest absolute Gasteiger partial charge is 0.251 e. The maximum absolute atomic E-state index is 12.6. The summed E-state index contributed by atoms with van der Waals surface area (Å²) < 4.78 is 11.0. The molecular weight excluding hydrogens is 388 g/mol. The number of thiophene rings is 1. The van der Waals surface area contributed by atoms with Crippen LogP contribution in [0.4, 0.5) is 0 Å². The minimum atomic E-state index is -0.192. The first kappa shape index (κ1) is 17.3. The number of oxazole rings is 1. The summed E-state index contributed by atoms with van der Waals surface area (Å²) in [6.45, 7) is 0.397. The summed E-state index contributed by atoms with van der Waals surface area (Å²) in [5.41, 5.74) is 3.10. The van der Waals surface area contributed by atoms with Crippen molar-refractivity contribution in [2.45, 2.75) is 6.54 Å². The van der Waals surface area contributed by atoms with Crippen LogP contribution in [0.1, 0.15) is 15.9 Å². The van der Waals surface area contributed by atoms with Gasteiger partial charge >= 0.3 is 0 Å². The van der Waals surface area contributed by atoms with Crippen molar-refractivity contribution in [3.05, 3.63) is 77.6 Å². The Balaban J connectivity index is 1.42. The summed E-state index contributed by atoms with van der Waals surface area (Å²) in [5.74, 6) is 0.332. The molecule has 4 heterocycles. The van der Waals surface area contributed by atoms with Crippen LogP contribution in [0.25, 0.3) is 33.1 Å². The molecule has 29 heavy (non-hydrogen) atoms. The molecule has 4 aromatic heterocycles. The van der Waals surface area contributed by atoms with Gasteiger partial charge in [0, 0.05) is 24.5 Å². The Hall–Kier alpha value is -3.78. The normalized spacial score (nSPS) is 11.0. The molecule has 8 heteroatoms. The number of hydrogen-bond donors (Lipinski definition) is 1. The van der Waals surface area contributed by atoms with E-state index < -0.39 is 0 Å². The topological polar surface area (TPSA) is 94.1 Å². The van der Waals surface area contributed by atoms with Crippen LogP contribution < -0.4 is 5.32 Å². The number of hydrogen-bond acceptors (Lipinski definition) is 7.